The van der Waals surface area contributed by atoms with Crippen molar-refractivity contribution in [3.8, 4) is 0 Å². The second-order valence-electron chi connectivity index (χ2n) is 4.09. The molecule has 0 aliphatic rings. The number of hydrogen-bond donors (Lipinski definition) is 0. The number of ether oxygens (including phenoxy) is 1. The molecule has 0 fully saturated rings. The molecule has 1 rings (SSSR count). The van der Waals surface area contributed by atoms with E-state index in [1.165, 1.54) is 0 Å². The Hall–Kier alpha value is -1.57. The lowest BCUT2D eigenvalue weighted by Gasteiger charge is -2.18. The summed E-state index contributed by atoms with van der Waals surface area (Å²) in [5, 5.41) is 7.17. The van der Waals surface area contributed by atoms with Crippen molar-refractivity contribution >= 4 is 5.97 Å². The SMILES string of the molecule is CCOC(=O)c1nnn(CCN(CC)CC)c1C(F)F. The zero-order valence-corrected chi connectivity index (χ0v) is 12.0. The summed E-state index contributed by atoms with van der Waals surface area (Å²) < 4.78 is 32.0. The van der Waals surface area contributed by atoms with E-state index < -0.39 is 23.8 Å². The summed E-state index contributed by atoms with van der Waals surface area (Å²) >= 11 is 0. The van der Waals surface area contributed by atoms with Crippen molar-refractivity contribution in [2.45, 2.75) is 33.7 Å². The molecule has 1 aromatic heterocycles. The molecule has 0 radical (unpaired) electrons. The Labute approximate surface area is 116 Å². The largest absolute Gasteiger partial charge is 0.461 e. The van der Waals surface area contributed by atoms with Gasteiger partial charge in [-0.15, -0.1) is 5.10 Å². The topological polar surface area (TPSA) is 60.2 Å². The van der Waals surface area contributed by atoms with Gasteiger partial charge in [0.2, 0.25) is 0 Å². The van der Waals surface area contributed by atoms with E-state index in [1.54, 1.807) is 6.92 Å². The van der Waals surface area contributed by atoms with Crippen LogP contribution >= 0.6 is 0 Å². The van der Waals surface area contributed by atoms with Gasteiger partial charge in [0.25, 0.3) is 6.43 Å². The number of nitrogens with zero attached hydrogens (tertiary/aromatic N) is 4. The quantitative estimate of drug-likeness (QED) is 0.682. The van der Waals surface area contributed by atoms with Crippen molar-refractivity contribution in [1.82, 2.24) is 19.9 Å². The van der Waals surface area contributed by atoms with E-state index >= 15 is 0 Å². The molecule has 8 heteroatoms. The Morgan fingerprint density at radius 3 is 2.50 bits per heavy atom. The number of rotatable bonds is 8. The van der Waals surface area contributed by atoms with Crippen LogP contribution in [0.1, 0.15) is 43.4 Å². The Bertz CT molecular complexity index is 433. The van der Waals surface area contributed by atoms with Crippen molar-refractivity contribution in [3.63, 3.8) is 0 Å². The maximum absolute atomic E-state index is 13.1. The van der Waals surface area contributed by atoms with Crippen LogP contribution in [0.4, 0.5) is 8.78 Å². The summed E-state index contributed by atoms with van der Waals surface area (Å²) in [5.74, 6) is -0.864. The normalized spacial score (nSPS) is 11.3. The molecule has 0 N–H and O–H groups in total. The fourth-order valence-corrected chi connectivity index (χ4v) is 1.82. The van der Waals surface area contributed by atoms with Gasteiger partial charge in [0, 0.05) is 6.54 Å². The van der Waals surface area contributed by atoms with Crippen LogP contribution in [0.25, 0.3) is 0 Å². The van der Waals surface area contributed by atoms with E-state index in [1.807, 2.05) is 13.8 Å². The summed E-state index contributed by atoms with van der Waals surface area (Å²) in [7, 11) is 0. The Kier molecular flexibility index (Phi) is 6.50. The molecule has 0 saturated carbocycles. The molecule has 1 heterocycles. The molecule has 0 spiro atoms. The van der Waals surface area contributed by atoms with Gasteiger partial charge in [-0.1, -0.05) is 19.1 Å². The third-order valence-corrected chi connectivity index (χ3v) is 2.97. The van der Waals surface area contributed by atoms with E-state index in [0.717, 1.165) is 17.8 Å². The number of alkyl halides is 2. The van der Waals surface area contributed by atoms with Crippen LogP contribution in [-0.2, 0) is 11.3 Å². The van der Waals surface area contributed by atoms with E-state index in [-0.39, 0.29) is 13.2 Å². The molecule has 0 aliphatic heterocycles. The maximum Gasteiger partial charge on any atom is 0.361 e. The average Bonchev–Trinajstić information content (AvgIpc) is 2.84. The standard InChI is InChI=1S/C12H20F2N4O2/c1-4-17(5-2)7-8-18-10(11(13)14)9(15-16-18)12(19)20-6-3/h11H,4-8H2,1-3H3. The molecule has 0 unspecified atom stereocenters. The highest BCUT2D eigenvalue weighted by Crippen LogP contribution is 2.22. The third-order valence-electron chi connectivity index (χ3n) is 2.97. The first-order valence-electron chi connectivity index (χ1n) is 6.66. The van der Waals surface area contributed by atoms with Gasteiger partial charge in [0.15, 0.2) is 5.69 Å². The Balaban J connectivity index is 2.89. The third kappa shape index (κ3) is 3.96. The van der Waals surface area contributed by atoms with E-state index in [2.05, 4.69) is 15.2 Å². The number of carbonyl (C=O) groups is 1. The molecule has 0 aliphatic carbocycles. The highest BCUT2D eigenvalue weighted by Gasteiger charge is 2.27. The van der Waals surface area contributed by atoms with E-state index in [9.17, 15) is 13.6 Å². The lowest BCUT2D eigenvalue weighted by Crippen LogP contribution is -2.28. The van der Waals surface area contributed by atoms with Crippen molar-refractivity contribution in [2.24, 2.45) is 0 Å². The molecule has 6 nitrogen and oxygen atoms in total. The van der Waals surface area contributed by atoms with E-state index in [4.69, 9.17) is 4.74 Å². The summed E-state index contributed by atoms with van der Waals surface area (Å²) in [6.07, 6.45) is -2.82. The van der Waals surface area contributed by atoms with Crippen molar-refractivity contribution < 1.29 is 18.3 Å². The van der Waals surface area contributed by atoms with Crippen LogP contribution in [0.5, 0.6) is 0 Å². The van der Waals surface area contributed by atoms with Gasteiger partial charge >= 0.3 is 5.97 Å². The molecule has 0 bridgehead atoms. The second-order valence-corrected chi connectivity index (χ2v) is 4.09. The zero-order chi connectivity index (χ0) is 15.1. The first-order valence-corrected chi connectivity index (χ1v) is 6.66. The van der Waals surface area contributed by atoms with Gasteiger partial charge in [0.1, 0.15) is 5.69 Å². The molecule has 114 valence electrons. The monoisotopic (exact) mass is 290 g/mol. The lowest BCUT2D eigenvalue weighted by atomic mass is 10.3. The molecule has 1 aromatic rings. The highest BCUT2D eigenvalue weighted by atomic mass is 19.3. The van der Waals surface area contributed by atoms with Crippen LogP contribution < -0.4 is 0 Å². The minimum atomic E-state index is -2.82. The van der Waals surface area contributed by atoms with Gasteiger partial charge in [-0.05, 0) is 20.0 Å². The number of carbonyl (C=O) groups excluding carboxylic acids is 1. The van der Waals surface area contributed by atoms with Gasteiger partial charge in [-0.3, -0.25) is 0 Å². The number of halogens is 2. The number of esters is 1. The van der Waals surface area contributed by atoms with Crippen LogP contribution in [0, 0.1) is 0 Å². The molecular weight excluding hydrogens is 270 g/mol. The molecule has 0 amide bonds. The number of hydrogen-bond acceptors (Lipinski definition) is 5. The van der Waals surface area contributed by atoms with Gasteiger partial charge < -0.3 is 9.64 Å². The summed E-state index contributed by atoms with van der Waals surface area (Å²) in [4.78, 5) is 13.6. The maximum atomic E-state index is 13.1. The summed E-state index contributed by atoms with van der Waals surface area (Å²) in [6.45, 7) is 8.15. The van der Waals surface area contributed by atoms with E-state index in [0.29, 0.717) is 6.54 Å². The van der Waals surface area contributed by atoms with Crippen molar-refractivity contribution in [1.29, 1.82) is 0 Å². The van der Waals surface area contributed by atoms with Crippen LogP contribution in [-0.4, -0.2) is 52.1 Å². The number of aromatic nitrogens is 3. The molecule has 0 atom stereocenters. The predicted molar refractivity (Wildman–Crippen MR) is 68.7 cm³/mol. The zero-order valence-electron chi connectivity index (χ0n) is 12.0. The highest BCUT2D eigenvalue weighted by molar-refractivity contribution is 5.88. The molecule has 20 heavy (non-hydrogen) atoms. The first kappa shape index (κ1) is 16.5. The Morgan fingerprint density at radius 1 is 1.35 bits per heavy atom. The minimum Gasteiger partial charge on any atom is -0.461 e. The van der Waals surface area contributed by atoms with Gasteiger partial charge in [-0.2, -0.15) is 0 Å². The average molecular weight is 290 g/mol. The molecule has 0 aromatic carbocycles. The molecular formula is C12H20F2N4O2. The first-order chi connectivity index (χ1) is 9.54. The predicted octanol–water partition coefficient (Wildman–Crippen LogP) is 1.73. The fraction of sp³-hybridized carbons (Fsp3) is 0.750. The summed E-state index contributed by atoms with van der Waals surface area (Å²) in [6, 6.07) is 0. The van der Waals surface area contributed by atoms with Crippen LogP contribution in [0.3, 0.4) is 0 Å². The van der Waals surface area contributed by atoms with Crippen LogP contribution in [0.15, 0.2) is 0 Å². The number of likely N-dealkylation sites (N-methyl/N-ethyl adjacent to an activating group) is 1. The molecule has 0 saturated heterocycles. The second kappa shape index (κ2) is 7.88. The van der Waals surface area contributed by atoms with Crippen molar-refractivity contribution in [2.75, 3.05) is 26.2 Å². The van der Waals surface area contributed by atoms with Crippen molar-refractivity contribution in [3.05, 3.63) is 11.4 Å². The van der Waals surface area contributed by atoms with Crippen LogP contribution in [0.2, 0.25) is 0 Å². The minimum absolute atomic E-state index is 0.105. The summed E-state index contributed by atoms with van der Waals surface area (Å²) in [5.41, 5.74) is -0.878. The van der Waals surface area contributed by atoms with Gasteiger partial charge in [-0.25, -0.2) is 18.3 Å². The fourth-order valence-electron chi connectivity index (χ4n) is 1.82. The lowest BCUT2D eigenvalue weighted by molar-refractivity contribution is 0.0506. The van der Waals surface area contributed by atoms with Gasteiger partial charge in [0.05, 0.1) is 13.2 Å². The Morgan fingerprint density at radius 2 is 2.00 bits per heavy atom. The smallest absolute Gasteiger partial charge is 0.361 e.